The molecule has 3 N–H and O–H groups in total. The van der Waals surface area contributed by atoms with E-state index in [-0.39, 0.29) is 27.4 Å². The molecule has 2 amide bonds. The Kier molecular flexibility index (Phi) is 13.8. The highest BCUT2D eigenvalue weighted by atomic mass is 28.4. The first-order valence-corrected chi connectivity index (χ1v) is 25.7. The predicted molar refractivity (Wildman–Crippen MR) is 228 cm³/mol. The standard InChI is InChI=1S/C41H69N7O6Si2/c1-38(2,3)29(46-37(50)52-39(4,5)6)22-23-42-24-28-31(53-55(13,14)40(7,8)9)32(54-56(15,16)41(10,11)12)36(51-28)48-26-45-30-33(43-25-44-34(30)48)47-35(49)27-20-18-17-19-21-27/h17-21,25-26,28-29,31-32,36,42H,22-24H2,1-16H3,(H,46,50)(H,43,44,47,49)/t28-,29+,31-,32-,36-/m1/s1. The maximum atomic E-state index is 13.2. The van der Waals surface area contributed by atoms with Crippen LogP contribution in [0.1, 0.15) is 106 Å². The van der Waals surface area contributed by atoms with E-state index in [9.17, 15) is 9.59 Å². The molecule has 0 saturated carbocycles. The van der Waals surface area contributed by atoms with Gasteiger partial charge in [0.1, 0.15) is 30.2 Å². The summed E-state index contributed by atoms with van der Waals surface area (Å²) in [4.78, 5) is 39.7. The topological polar surface area (TPSA) is 151 Å². The highest BCUT2D eigenvalue weighted by molar-refractivity contribution is 6.74. The fraction of sp³-hybridized carbons (Fsp3) is 0.683. The molecule has 0 radical (unpaired) electrons. The van der Waals surface area contributed by atoms with Gasteiger partial charge in [0.15, 0.2) is 39.8 Å². The van der Waals surface area contributed by atoms with E-state index in [1.165, 1.54) is 6.33 Å². The predicted octanol–water partition coefficient (Wildman–Crippen LogP) is 8.68. The van der Waals surface area contributed by atoms with Crippen LogP contribution in [0.5, 0.6) is 0 Å². The molecule has 1 aromatic carbocycles. The van der Waals surface area contributed by atoms with Crippen LogP contribution in [0.3, 0.4) is 0 Å². The van der Waals surface area contributed by atoms with Crippen molar-refractivity contribution < 1.29 is 27.9 Å². The molecule has 3 heterocycles. The lowest BCUT2D eigenvalue weighted by Gasteiger charge is -2.44. The minimum Gasteiger partial charge on any atom is -0.444 e. The first kappa shape index (κ1) is 45.5. The summed E-state index contributed by atoms with van der Waals surface area (Å²) in [7, 11) is -4.76. The van der Waals surface area contributed by atoms with E-state index in [0.29, 0.717) is 42.1 Å². The van der Waals surface area contributed by atoms with Crippen molar-refractivity contribution in [3.63, 3.8) is 0 Å². The summed E-state index contributed by atoms with van der Waals surface area (Å²) in [5.74, 6) is 0.0171. The average molecular weight is 812 g/mol. The molecule has 312 valence electrons. The highest BCUT2D eigenvalue weighted by Crippen LogP contribution is 2.46. The van der Waals surface area contributed by atoms with Crippen LogP contribution in [0.4, 0.5) is 10.6 Å². The molecule has 5 atom stereocenters. The molecule has 1 aliphatic rings. The number of benzene rings is 1. The number of alkyl carbamates (subject to hydrolysis) is 1. The van der Waals surface area contributed by atoms with Crippen LogP contribution in [0.25, 0.3) is 11.2 Å². The summed E-state index contributed by atoms with van der Waals surface area (Å²) < 4.78 is 29.2. The molecule has 56 heavy (non-hydrogen) atoms. The molecule has 13 nitrogen and oxygen atoms in total. The summed E-state index contributed by atoms with van der Waals surface area (Å²) in [6, 6.07) is 8.86. The van der Waals surface area contributed by atoms with Crippen LogP contribution in [-0.4, -0.2) is 91.2 Å². The third kappa shape index (κ3) is 11.2. The summed E-state index contributed by atoms with van der Waals surface area (Å²) in [5.41, 5.74) is 0.677. The van der Waals surface area contributed by atoms with Crippen LogP contribution in [-0.2, 0) is 18.3 Å². The van der Waals surface area contributed by atoms with Crippen molar-refractivity contribution >= 4 is 45.6 Å². The lowest BCUT2D eigenvalue weighted by molar-refractivity contribution is -0.0309. The van der Waals surface area contributed by atoms with Gasteiger partial charge >= 0.3 is 6.09 Å². The first-order chi connectivity index (χ1) is 25.6. The summed E-state index contributed by atoms with van der Waals surface area (Å²) in [6.45, 7) is 35.4. The molecule has 3 aromatic rings. The smallest absolute Gasteiger partial charge is 0.407 e. The van der Waals surface area contributed by atoms with Gasteiger partial charge in [0, 0.05) is 18.2 Å². The quantitative estimate of drug-likeness (QED) is 0.113. The maximum Gasteiger partial charge on any atom is 0.407 e. The molecule has 0 aliphatic carbocycles. The second kappa shape index (κ2) is 16.9. The van der Waals surface area contributed by atoms with Gasteiger partial charge in [-0.2, -0.15) is 0 Å². The van der Waals surface area contributed by atoms with E-state index in [1.807, 2.05) is 43.5 Å². The number of rotatable bonds is 13. The molecule has 0 bridgehead atoms. The lowest BCUT2D eigenvalue weighted by atomic mass is 9.85. The normalized spacial score (nSPS) is 20.6. The van der Waals surface area contributed by atoms with Crippen molar-refractivity contribution in [1.29, 1.82) is 0 Å². The number of ether oxygens (including phenoxy) is 2. The Morgan fingerprint density at radius 3 is 1.98 bits per heavy atom. The minimum atomic E-state index is -2.40. The number of nitrogens with zero attached hydrogens (tertiary/aromatic N) is 4. The van der Waals surface area contributed by atoms with Crippen molar-refractivity contribution in [2.45, 2.75) is 162 Å². The number of amides is 2. The molecule has 2 aromatic heterocycles. The molecule has 0 unspecified atom stereocenters. The highest BCUT2D eigenvalue weighted by Gasteiger charge is 2.54. The van der Waals surface area contributed by atoms with E-state index in [1.54, 1.807) is 18.5 Å². The zero-order valence-corrected chi connectivity index (χ0v) is 38.8. The Labute approximate surface area is 337 Å². The van der Waals surface area contributed by atoms with Gasteiger partial charge < -0.3 is 34.3 Å². The van der Waals surface area contributed by atoms with Gasteiger partial charge in [-0.05, 0) is 87.5 Å². The number of carbonyl (C=O) groups is 2. The van der Waals surface area contributed by atoms with Crippen molar-refractivity contribution in [2.24, 2.45) is 5.41 Å². The number of nitrogens with one attached hydrogen (secondary N) is 3. The van der Waals surface area contributed by atoms with Crippen LogP contribution >= 0.6 is 0 Å². The third-order valence-corrected chi connectivity index (χ3v) is 20.3. The van der Waals surface area contributed by atoms with Gasteiger partial charge in [0.2, 0.25) is 0 Å². The van der Waals surface area contributed by atoms with Gasteiger partial charge in [0.05, 0.1) is 6.33 Å². The minimum absolute atomic E-state index is 0.0708. The van der Waals surface area contributed by atoms with Gasteiger partial charge in [-0.25, -0.2) is 19.7 Å². The molecule has 15 heteroatoms. The summed E-state index contributed by atoms with van der Waals surface area (Å²) >= 11 is 0. The Balaban J connectivity index is 1.70. The van der Waals surface area contributed by atoms with Crippen LogP contribution in [0, 0.1) is 5.41 Å². The van der Waals surface area contributed by atoms with Crippen molar-refractivity contribution in [1.82, 2.24) is 30.2 Å². The zero-order chi connectivity index (χ0) is 42.1. The second-order valence-corrected chi connectivity index (χ2v) is 29.7. The molecule has 1 saturated heterocycles. The van der Waals surface area contributed by atoms with Gasteiger partial charge in [-0.1, -0.05) is 80.5 Å². The van der Waals surface area contributed by atoms with Crippen LogP contribution in [0.2, 0.25) is 36.3 Å². The van der Waals surface area contributed by atoms with Crippen LogP contribution in [0.15, 0.2) is 43.0 Å². The van der Waals surface area contributed by atoms with Crippen molar-refractivity contribution in [2.75, 3.05) is 18.4 Å². The van der Waals surface area contributed by atoms with Crippen LogP contribution < -0.4 is 16.0 Å². The lowest BCUT2D eigenvalue weighted by Crippen LogP contribution is -2.54. The Hall–Kier alpha value is -3.22. The van der Waals surface area contributed by atoms with Gasteiger partial charge in [-0.15, -0.1) is 0 Å². The van der Waals surface area contributed by atoms with E-state index < -0.39 is 52.9 Å². The van der Waals surface area contributed by atoms with Gasteiger partial charge in [-0.3, -0.25) is 9.36 Å². The SMILES string of the molecule is CC(C)(C)OC(=O)N[C@@H](CCNC[C@H]1O[C@@H](n2cnc3c(NC(=O)c4ccccc4)ncnc32)[C@H](O[Si](C)(C)C(C)(C)C)[C@@H]1O[Si](C)(C)C(C)(C)C)C(C)(C)C. The second-order valence-electron chi connectivity index (χ2n) is 20.2. The monoisotopic (exact) mass is 811 g/mol. The van der Waals surface area contributed by atoms with E-state index >= 15 is 0 Å². The Morgan fingerprint density at radius 2 is 1.43 bits per heavy atom. The zero-order valence-electron chi connectivity index (χ0n) is 36.8. The fourth-order valence-corrected chi connectivity index (χ4v) is 8.56. The Bertz CT molecular complexity index is 1790. The molecular weight excluding hydrogens is 743 g/mol. The number of aromatic nitrogens is 4. The Morgan fingerprint density at radius 1 is 0.839 bits per heavy atom. The summed E-state index contributed by atoms with van der Waals surface area (Å²) in [6.07, 6.45) is 1.43. The third-order valence-electron chi connectivity index (χ3n) is 11.4. The molecule has 1 fully saturated rings. The summed E-state index contributed by atoms with van der Waals surface area (Å²) in [5, 5.41) is 9.50. The molecule has 0 spiro atoms. The average Bonchev–Trinajstić information content (AvgIpc) is 3.61. The van der Waals surface area contributed by atoms with E-state index in [0.717, 1.165) is 0 Å². The van der Waals surface area contributed by atoms with Gasteiger partial charge in [0.25, 0.3) is 5.91 Å². The van der Waals surface area contributed by atoms with E-state index in [4.69, 9.17) is 23.3 Å². The number of fused-ring (bicyclic) bond motifs is 1. The molecule has 4 rings (SSSR count). The van der Waals surface area contributed by atoms with E-state index in [2.05, 4.69) is 114 Å². The fourth-order valence-electron chi connectivity index (χ4n) is 5.96. The number of hydrogen-bond acceptors (Lipinski definition) is 10. The number of anilines is 1. The maximum absolute atomic E-state index is 13.2. The molecule has 1 aliphatic heterocycles. The largest absolute Gasteiger partial charge is 0.444 e. The number of hydrogen-bond donors (Lipinski definition) is 3. The number of imidazole rings is 1. The van der Waals surface area contributed by atoms with Crippen molar-refractivity contribution in [3.8, 4) is 0 Å². The molecular formula is C41H69N7O6Si2. The van der Waals surface area contributed by atoms with Crippen molar-refractivity contribution in [3.05, 3.63) is 48.5 Å². The number of carbonyl (C=O) groups excluding carboxylic acids is 2. The first-order valence-electron chi connectivity index (χ1n) is 19.9.